The summed E-state index contributed by atoms with van der Waals surface area (Å²) in [5.41, 5.74) is 9.10. The molecule has 0 saturated carbocycles. The minimum Gasteiger partial charge on any atom is -0.487 e. The van der Waals surface area contributed by atoms with Gasteiger partial charge in [0.15, 0.2) is 0 Å². The summed E-state index contributed by atoms with van der Waals surface area (Å²) in [6.45, 7) is 6.84. The number of aromatic nitrogens is 1. The third-order valence-corrected chi connectivity index (χ3v) is 5.45. The number of ether oxygens (including phenoxy) is 3. The summed E-state index contributed by atoms with van der Waals surface area (Å²) in [6.07, 6.45) is 5.31. The second-order valence-electron chi connectivity index (χ2n) is 8.53. The van der Waals surface area contributed by atoms with Gasteiger partial charge in [-0.2, -0.15) is 0 Å². The van der Waals surface area contributed by atoms with E-state index in [1.165, 1.54) is 19.4 Å². The molecule has 33 heavy (non-hydrogen) atoms. The van der Waals surface area contributed by atoms with Crippen molar-refractivity contribution in [3.8, 4) is 11.6 Å². The number of nitrogens with one attached hydrogen (secondary N) is 1. The van der Waals surface area contributed by atoms with Crippen molar-refractivity contribution in [1.29, 1.82) is 0 Å². The Hall–Kier alpha value is -3.59. The number of allylic oxidation sites excluding steroid dienone is 1. The van der Waals surface area contributed by atoms with Crippen LogP contribution in [-0.4, -0.2) is 56.1 Å². The van der Waals surface area contributed by atoms with Crippen molar-refractivity contribution in [3.63, 3.8) is 0 Å². The lowest BCUT2D eigenvalue weighted by atomic mass is 10.0. The van der Waals surface area contributed by atoms with Crippen LogP contribution < -0.4 is 25.4 Å². The molecule has 4 rings (SSSR count). The van der Waals surface area contributed by atoms with Crippen LogP contribution in [0, 0.1) is 0 Å². The van der Waals surface area contributed by atoms with Crippen molar-refractivity contribution >= 4 is 29.2 Å². The van der Waals surface area contributed by atoms with Crippen molar-refractivity contribution in [2.45, 2.75) is 25.9 Å². The van der Waals surface area contributed by atoms with E-state index in [9.17, 15) is 4.79 Å². The highest BCUT2D eigenvalue weighted by molar-refractivity contribution is 6.07. The van der Waals surface area contributed by atoms with Gasteiger partial charge in [-0.3, -0.25) is 9.79 Å². The van der Waals surface area contributed by atoms with E-state index in [4.69, 9.17) is 19.9 Å². The van der Waals surface area contributed by atoms with E-state index in [-0.39, 0.29) is 11.3 Å². The average molecular weight is 452 g/mol. The molecule has 2 aromatic rings. The third kappa shape index (κ3) is 5.43. The Labute approximate surface area is 193 Å². The number of nitrogens with zero attached hydrogens (tertiary/aromatic N) is 3. The van der Waals surface area contributed by atoms with Crippen molar-refractivity contribution in [2.75, 3.05) is 43.6 Å². The molecular formula is C24H29N5O4. The molecule has 2 aliphatic heterocycles. The molecule has 1 saturated heterocycles. The Kier molecular flexibility index (Phi) is 6.50. The molecule has 1 aromatic heterocycles. The van der Waals surface area contributed by atoms with Crippen LogP contribution in [0.5, 0.6) is 11.6 Å². The number of carbonyl (C=O) groups excluding carboxylic acids is 1. The van der Waals surface area contributed by atoms with Crippen LogP contribution in [0.15, 0.2) is 47.2 Å². The van der Waals surface area contributed by atoms with Gasteiger partial charge in [0.1, 0.15) is 11.4 Å². The fraction of sp³-hybridized carbons (Fsp3) is 0.375. The van der Waals surface area contributed by atoms with E-state index < -0.39 is 5.91 Å². The monoisotopic (exact) mass is 451 g/mol. The highest BCUT2D eigenvalue weighted by Gasteiger charge is 2.32. The molecule has 0 radical (unpaired) electrons. The van der Waals surface area contributed by atoms with E-state index in [1.54, 1.807) is 18.3 Å². The van der Waals surface area contributed by atoms with E-state index in [0.29, 0.717) is 30.5 Å². The van der Waals surface area contributed by atoms with Gasteiger partial charge in [0.2, 0.25) is 5.88 Å². The summed E-state index contributed by atoms with van der Waals surface area (Å²) in [5.74, 6) is 0.906. The highest BCUT2D eigenvalue weighted by Crippen LogP contribution is 2.41. The molecule has 0 atom stereocenters. The van der Waals surface area contributed by atoms with Crippen molar-refractivity contribution < 1.29 is 19.0 Å². The smallest absolute Gasteiger partial charge is 0.271 e. The number of rotatable bonds is 6. The molecule has 1 amide bonds. The number of morpholine rings is 1. The molecule has 2 aliphatic rings. The van der Waals surface area contributed by atoms with Crippen LogP contribution >= 0.6 is 0 Å². The second-order valence-corrected chi connectivity index (χ2v) is 8.53. The maximum Gasteiger partial charge on any atom is 0.271 e. The van der Waals surface area contributed by atoms with Gasteiger partial charge in [0.25, 0.3) is 5.91 Å². The molecule has 9 heteroatoms. The van der Waals surface area contributed by atoms with Gasteiger partial charge in [-0.1, -0.05) is 0 Å². The summed E-state index contributed by atoms with van der Waals surface area (Å²) in [5, 5.41) is 2.97. The van der Waals surface area contributed by atoms with Gasteiger partial charge < -0.3 is 30.2 Å². The zero-order valence-electron chi connectivity index (χ0n) is 19.1. The van der Waals surface area contributed by atoms with Gasteiger partial charge in [-0.15, -0.1) is 0 Å². The lowest BCUT2D eigenvalue weighted by Gasteiger charge is -2.31. The highest BCUT2D eigenvalue weighted by atomic mass is 16.5. The zero-order chi connectivity index (χ0) is 23.4. The van der Waals surface area contributed by atoms with Crippen LogP contribution in [0.1, 0.15) is 19.4 Å². The number of aliphatic imine (C=N–C) groups is 1. The molecular weight excluding hydrogens is 422 g/mol. The maximum atomic E-state index is 12.8. The topological polar surface area (TPSA) is 111 Å². The first-order valence-corrected chi connectivity index (χ1v) is 10.8. The normalized spacial score (nSPS) is 17.5. The summed E-state index contributed by atoms with van der Waals surface area (Å²) < 4.78 is 16.7. The first-order valence-electron chi connectivity index (χ1n) is 10.8. The van der Waals surface area contributed by atoms with Gasteiger partial charge in [0, 0.05) is 49.6 Å². The average Bonchev–Trinajstić information content (AvgIpc) is 3.11. The molecule has 0 unspecified atom stereocenters. The first-order chi connectivity index (χ1) is 15.8. The molecule has 0 bridgehead atoms. The lowest BCUT2D eigenvalue weighted by molar-refractivity contribution is -0.112. The van der Waals surface area contributed by atoms with Gasteiger partial charge in [-0.25, -0.2) is 4.98 Å². The van der Waals surface area contributed by atoms with E-state index in [1.807, 2.05) is 12.1 Å². The Morgan fingerprint density at radius 1 is 1.30 bits per heavy atom. The van der Waals surface area contributed by atoms with Gasteiger partial charge >= 0.3 is 0 Å². The Bertz CT molecular complexity index is 1090. The number of anilines is 2. The molecule has 3 heterocycles. The second kappa shape index (κ2) is 9.50. The minimum absolute atomic E-state index is 0.0461. The van der Waals surface area contributed by atoms with Crippen LogP contribution in [0.4, 0.5) is 17.1 Å². The summed E-state index contributed by atoms with van der Waals surface area (Å²) in [7, 11) is 1.54. The fourth-order valence-electron chi connectivity index (χ4n) is 3.87. The summed E-state index contributed by atoms with van der Waals surface area (Å²) >= 11 is 0. The minimum atomic E-state index is -0.401. The SMILES string of the molecule is COc1cc(N=CC=C(N)C(=O)Nc2cc3c(cc2N2CCOCC2)OC(C)(C)C3)ccn1. The number of hydrogen-bond donors (Lipinski definition) is 2. The molecule has 1 fully saturated rings. The number of amides is 1. The summed E-state index contributed by atoms with van der Waals surface area (Å²) in [4.78, 5) is 23.3. The van der Waals surface area contributed by atoms with Crippen molar-refractivity contribution in [1.82, 2.24) is 4.98 Å². The standard InChI is InChI=1S/C24H29N5O4/c1-24(2)15-16-12-19(20(14-21(16)33-24)29-8-10-32-11-9-29)28-23(30)18(25)5-7-26-17-4-6-27-22(13-17)31-3/h4-7,12-14H,8-11,15,25H2,1-3H3,(H,28,30). The summed E-state index contributed by atoms with van der Waals surface area (Å²) in [6, 6.07) is 7.40. The molecule has 9 nitrogen and oxygen atoms in total. The predicted molar refractivity (Wildman–Crippen MR) is 128 cm³/mol. The molecule has 174 valence electrons. The van der Waals surface area contributed by atoms with E-state index in [0.717, 1.165) is 36.5 Å². The van der Waals surface area contributed by atoms with Gasteiger partial charge in [0.05, 0.1) is 43.1 Å². The fourth-order valence-corrected chi connectivity index (χ4v) is 3.87. The maximum absolute atomic E-state index is 12.8. The number of hydrogen-bond acceptors (Lipinski definition) is 8. The van der Waals surface area contributed by atoms with E-state index >= 15 is 0 Å². The third-order valence-electron chi connectivity index (χ3n) is 5.45. The number of nitrogens with two attached hydrogens (primary N) is 1. The Morgan fingerprint density at radius 2 is 2.09 bits per heavy atom. The quantitative estimate of drug-likeness (QED) is 0.513. The molecule has 0 aliphatic carbocycles. The lowest BCUT2D eigenvalue weighted by Crippen LogP contribution is -2.37. The van der Waals surface area contributed by atoms with Crippen LogP contribution in [-0.2, 0) is 16.0 Å². The number of pyridine rings is 1. The Morgan fingerprint density at radius 3 is 2.85 bits per heavy atom. The predicted octanol–water partition coefficient (Wildman–Crippen LogP) is 2.82. The largest absolute Gasteiger partial charge is 0.487 e. The zero-order valence-corrected chi connectivity index (χ0v) is 19.1. The van der Waals surface area contributed by atoms with Crippen LogP contribution in [0.3, 0.4) is 0 Å². The number of carbonyl (C=O) groups is 1. The molecule has 3 N–H and O–H groups in total. The van der Waals surface area contributed by atoms with Crippen LogP contribution in [0.2, 0.25) is 0 Å². The van der Waals surface area contributed by atoms with Crippen LogP contribution in [0.25, 0.3) is 0 Å². The number of fused-ring (bicyclic) bond motifs is 1. The number of methoxy groups -OCH3 is 1. The first kappa shape index (κ1) is 22.6. The van der Waals surface area contributed by atoms with Gasteiger partial charge in [-0.05, 0) is 32.1 Å². The number of benzene rings is 1. The Balaban J connectivity index is 1.53. The molecule has 0 spiro atoms. The van der Waals surface area contributed by atoms with Crippen molar-refractivity contribution in [2.24, 2.45) is 10.7 Å². The van der Waals surface area contributed by atoms with E-state index in [2.05, 4.69) is 34.0 Å². The van der Waals surface area contributed by atoms with Crippen molar-refractivity contribution in [3.05, 3.63) is 47.8 Å². The molecule has 1 aromatic carbocycles.